The molecule has 19 heavy (non-hydrogen) atoms. The number of aromatic nitrogens is 2. The van der Waals surface area contributed by atoms with Crippen LogP contribution in [-0.4, -0.2) is 30.1 Å². The second kappa shape index (κ2) is 7.97. The molecule has 4 nitrogen and oxygen atoms in total. The second-order valence-electron chi connectivity index (χ2n) is 5.28. The first-order valence-electron chi connectivity index (χ1n) is 7.42. The molecular formula is C15H28N4. The standard InChI is InChI=1S/C15H28N4/c1-6-8-9-10-19(5)14-11-13(16-7-2)17-15(18-14)12(3)4/h11-12H,6-10H2,1-5H3,(H,16,17,18). The van der Waals surface area contributed by atoms with Crippen LogP contribution in [0.3, 0.4) is 0 Å². The maximum Gasteiger partial charge on any atom is 0.135 e. The molecule has 1 heterocycles. The Morgan fingerprint density at radius 2 is 1.95 bits per heavy atom. The fraction of sp³-hybridized carbons (Fsp3) is 0.733. The van der Waals surface area contributed by atoms with Gasteiger partial charge in [-0.05, 0) is 13.3 Å². The van der Waals surface area contributed by atoms with Gasteiger partial charge in [0.15, 0.2) is 0 Å². The second-order valence-corrected chi connectivity index (χ2v) is 5.28. The van der Waals surface area contributed by atoms with E-state index in [2.05, 4.69) is 54.9 Å². The molecule has 0 aliphatic carbocycles. The van der Waals surface area contributed by atoms with E-state index >= 15 is 0 Å². The Labute approximate surface area is 117 Å². The Hall–Kier alpha value is -1.32. The highest BCUT2D eigenvalue weighted by Gasteiger charge is 2.10. The topological polar surface area (TPSA) is 41.0 Å². The van der Waals surface area contributed by atoms with E-state index in [0.29, 0.717) is 5.92 Å². The van der Waals surface area contributed by atoms with Crippen molar-refractivity contribution in [3.8, 4) is 0 Å². The van der Waals surface area contributed by atoms with Gasteiger partial charge in [-0.25, -0.2) is 9.97 Å². The van der Waals surface area contributed by atoms with Gasteiger partial charge < -0.3 is 10.2 Å². The average Bonchev–Trinajstić information content (AvgIpc) is 2.39. The van der Waals surface area contributed by atoms with E-state index in [1.54, 1.807) is 0 Å². The number of nitrogens with zero attached hydrogens (tertiary/aromatic N) is 3. The molecule has 1 aromatic rings. The Kier molecular flexibility index (Phi) is 6.60. The Balaban J connectivity index is 2.85. The molecule has 0 fully saturated rings. The molecule has 0 saturated carbocycles. The monoisotopic (exact) mass is 264 g/mol. The van der Waals surface area contributed by atoms with E-state index in [4.69, 9.17) is 0 Å². The van der Waals surface area contributed by atoms with Crippen molar-refractivity contribution in [2.75, 3.05) is 30.4 Å². The highest BCUT2D eigenvalue weighted by molar-refractivity contribution is 5.49. The molecule has 108 valence electrons. The van der Waals surface area contributed by atoms with Crippen LogP contribution in [0.5, 0.6) is 0 Å². The first-order valence-corrected chi connectivity index (χ1v) is 7.42. The molecule has 0 radical (unpaired) electrons. The predicted octanol–water partition coefficient (Wildman–Crippen LogP) is 3.66. The van der Waals surface area contributed by atoms with Crippen molar-refractivity contribution in [1.29, 1.82) is 0 Å². The Morgan fingerprint density at radius 1 is 1.21 bits per heavy atom. The van der Waals surface area contributed by atoms with E-state index in [1.165, 1.54) is 19.3 Å². The quantitative estimate of drug-likeness (QED) is 0.728. The van der Waals surface area contributed by atoms with Crippen LogP contribution < -0.4 is 10.2 Å². The van der Waals surface area contributed by atoms with Crippen LogP contribution in [0.4, 0.5) is 11.6 Å². The maximum atomic E-state index is 4.67. The molecule has 0 aliphatic rings. The molecule has 0 aliphatic heterocycles. The summed E-state index contributed by atoms with van der Waals surface area (Å²) in [4.78, 5) is 11.4. The summed E-state index contributed by atoms with van der Waals surface area (Å²) in [5, 5.41) is 3.29. The summed E-state index contributed by atoms with van der Waals surface area (Å²) in [5.41, 5.74) is 0. The van der Waals surface area contributed by atoms with Gasteiger partial charge in [-0.3, -0.25) is 0 Å². The normalized spacial score (nSPS) is 10.8. The van der Waals surface area contributed by atoms with Gasteiger partial charge in [0.05, 0.1) is 0 Å². The van der Waals surface area contributed by atoms with Gasteiger partial charge in [0.25, 0.3) is 0 Å². The zero-order valence-corrected chi connectivity index (χ0v) is 13.0. The number of nitrogens with one attached hydrogen (secondary N) is 1. The highest BCUT2D eigenvalue weighted by Crippen LogP contribution is 2.19. The molecule has 4 heteroatoms. The minimum atomic E-state index is 0.349. The van der Waals surface area contributed by atoms with E-state index in [0.717, 1.165) is 30.5 Å². The first-order chi connectivity index (χ1) is 9.08. The molecule has 1 rings (SSSR count). The minimum absolute atomic E-state index is 0.349. The summed E-state index contributed by atoms with van der Waals surface area (Å²) in [6.07, 6.45) is 3.73. The fourth-order valence-corrected chi connectivity index (χ4v) is 1.89. The smallest absolute Gasteiger partial charge is 0.135 e. The van der Waals surface area contributed by atoms with Crippen LogP contribution in [0.2, 0.25) is 0 Å². The molecule has 0 saturated heterocycles. The van der Waals surface area contributed by atoms with Crippen molar-refractivity contribution in [2.45, 2.75) is 52.9 Å². The molecule has 1 N–H and O–H groups in total. The Bertz CT molecular complexity index is 376. The third kappa shape index (κ3) is 5.05. The predicted molar refractivity (Wildman–Crippen MR) is 83.1 cm³/mol. The number of hydrogen-bond donors (Lipinski definition) is 1. The zero-order valence-electron chi connectivity index (χ0n) is 13.0. The number of hydrogen-bond acceptors (Lipinski definition) is 4. The molecule has 0 atom stereocenters. The molecule has 1 aromatic heterocycles. The fourth-order valence-electron chi connectivity index (χ4n) is 1.89. The lowest BCUT2D eigenvalue weighted by atomic mass is 10.2. The SMILES string of the molecule is CCCCCN(C)c1cc(NCC)nc(C(C)C)n1. The van der Waals surface area contributed by atoms with Crippen LogP contribution in [0, 0.1) is 0 Å². The third-order valence-electron chi connectivity index (χ3n) is 3.09. The van der Waals surface area contributed by atoms with Crippen LogP contribution in [0.15, 0.2) is 6.07 Å². The van der Waals surface area contributed by atoms with Gasteiger partial charge in [-0.15, -0.1) is 0 Å². The maximum absolute atomic E-state index is 4.67. The molecular weight excluding hydrogens is 236 g/mol. The lowest BCUT2D eigenvalue weighted by Crippen LogP contribution is -2.21. The molecule has 0 spiro atoms. The summed E-state index contributed by atoms with van der Waals surface area (Å²) in [6.45, 7) is 10.5. The van der Waals surface area contributed by atoms with Gasteiger partial charge in [0, 0.05) is 32.1 Å². The van der Waals surface area contributed by atoms with Gasteiger partial charge in [-0.1, -0.05) is 33.6 Å². The molecule has 0 aromatic carbocycles. The van der Waals surface area contributed by atoms with Crippen molar-refractivity contribution in [1.82, 2.24) is 9.97 Å². The van der Waals surface area contributed by atoms with E-state index in [-0.39, 0.29) is 0 Å². The van der Waals surface area contributed by atoms with Gasteiger partial charge in [0.1, 0.15) is 17.5 Å². The van der Waals surface area contributed by atoms with Crippen molar-refractivity contribution in [3.05, 3.63) is 11.9 Å². The summed E-state index contributed by atoms with van der Waals surface area (Å²) >= 11 is 0. The molecule has 0 bridgehead atoms. The van der Waals surface area contributed by atoms with E-state index in [9.17, 15) is 0 Å². The average molecular weight is 264 g/mol. The van der Waals surface area contributed by atoms with Crippen molar-refractivity contribution in [3.63, 3.8) is 0 Å². The molecule has 0 amide bonds. The van der Waals surface area contributed by atoms with Crippen LogP contribution in [-0.2, 0) is 0 Å². The summed E-state index contributed by atoms with van der Waals surface area (Å²) in [5.74, 6) is 3.21. The number of anilines is 2. The van der Waals surface area contributed by atoms with E-state index in [1.807, 2.05) is 6.07 Å². The highest BCUT2D eigenvalue weighted by atomic mass is 15.2. The van der Waals surface area contributed by atoms with Gasteiger partial charge >= 0.3 is 0 Å². The summed E-state index contributed by atoms with van der Waals surface area (Å²) < 4.78 is 0. The number of unbranched alkanes of at least 4 members (excludes halogenated alkanes) is 2. The number of rotatable bonds is 8. The zero-order chi connectivity index (χ0) is 14.3. The first kappa shape index (κ1) is 15.7. The van der Waals surface area contributed by atoms with Crippen molar-refractivity contribution < 1.29 is 0 Å². The van der Waals surface area contributed by atoms with E-state index < -0.39 is 0 Å². The molecule has 0 unspecified atom stereocenters. The largest absolute Gasteiger partial charge is 0.370 e. The van der Waals surface area contributed by atoms with Crippen LogP contribution in [0.1, 0.15) is 58.7 Å². The van der Waals surface area contributed by atoms with Crippen LogP contribution in [0.25, 0.3) is 0 Å². The lowest BCUT2D eigenvalue weighted by molar-refractivity contribution is 0.695. The van der Waals surface area contributed by atoms with Gasteiger partial charge in [0.2, 0.25) is 0 Å². The summed E-state index contributed by atoms with van der Waals surface area (Å²) in [6, 6.07) is 2.04. The summed E-state index contributed by atoms with van der Waals surface area (Å²) in [7, 11) is 2.11. The lowest BCUT2D eigenvalue weighted by Gasteiger charge is -2.20. The van der Waals surface area contributed by atoms with Crippen molar-refractivity contribution in [2.24, 2.45) is 0 Å². The Morgan fingerprint density at radius 3 is 2.53 bits per heavy atom. The van der Waals surface area contributed by atoms with Crippen molar-refractivity contribution >= 4 is 11.6 Å². The van der Waals surface area contributed by atoms with Gasteiger partial charge in [-0.2, -0.15) is 0 Å². The minimum Gasteiger partial charge on any atom is -0.370 e. The third-order valence-corrected chi connectivity index (χ3v) is 3.09. The van der Waals surface area contributed by atoms with Crippen LogP contribution >= 0.6 is 0 Å².